The first kappa shape index (κ1) is 18.9. The molecule has 0 spiro atoms. The Hall–Kier alpha value is -2.86. The Bertz CT molecular complexity index is 958. The Labute approximate surface area is 164 Å². The highest BCUT2D eigenvalue weighted by Crippen LogP contribution is 2.21. The van der Waals surface area contributed by atoms with Gasteiger partial charge in [0.15, 0.2) is 4.77 Å². The molecule has 0 radical (unpaired) electrons. The van der Waals surface area contributed by atoms with Crippen molar-refractivity contribution in [1.29, 1.82) is 0 Å². The molecule has 3 aromatic rings. The number of anilines is 2. The Morgan fingerprint density at radius 1 is 1.15 bits per heavy atom. The number of aromatic nitrogens is 2. The molecule has 1 aromatic heterocycles. The summed E-state index contributed by atoms with van der Waals surface area (Å²) in [6.45, 7) is 7.40. The number of H-pyrrole nitrogens is 1. The maximum atomic E-state index is 12.8. The molecule has 140 valence electrons. The number of rotatable bonds is 6. The van der Waals surface area contributed by atoms with Crippen LogP contribution in [0.15, 0.2) is 60.8 Å². The van der Waals surface area contributed by atoms with E-state index in [-0.39, 0.29) is 5.91 Å². The zero-order valence-electron chi connectivity index (χ0n) is 15.8. The topological polar surface area (TPSA) is 53.1 Å². The van der Waals surface area contributed by atoms with Crippen molar-refractivity contribution in [3.63, 3.8) is 0 Å². The van der Waals surface area contributed by atoms with Crippen LogP contribution in [0.5, 0.6) is 0 Å². The van der Waals surface area contributed by atoms with Crippen LogP contribution in [0.2, 0.25) is 0 Å². The summed E-state index contributed by atoms with van der Waals surface area (Å²) in [7, 11) is 0. The fourth-order valence-electron chi connectivity index (χ4n) is 3.15. The van der Waals surface area contributed by atoms with Crippen molar-refractivity contribution in [2.24, 2.45) is 0 Å². The standard InChI is InChI=1S/C21H24N4OS/c1-4-24(15(2)3)17-12-10-16(11-13-17)23-20(26)19-14-22-21(27)25(19)18-8-6-5-7-9-18/h5-15H,4H2,1-3H3,(H,22,27)(H,23,26). The summed E-state index contributed by atoms with van der Waals surface area (Å²) < 4.78 is 2.22. The van der Waals surface area contributed by atoms with E-state index >= 15 is 0 Å². The first-order valence-corrected chi connectivity index (χ1v) is 9.46. The number of benzene rings is 2. The first-order chi connectivity index (χ1) is 13.0. The number of amides is 1. The van der Waals surface area contributed by atoms with Gasteiger partial charge in [-0.05, 0) is 69.4 Å². The number of nitrogens with one attached hydrogen (secondary N) is 2. The molecule has 6 heteroatoms. The fourth-order valence-corrected chi connectivity index (χ4v) is 3.41. The molecule has 27 heavy (non-hydrogen) atoms. The summed E-state index contributed by atoms with van der Waals surface area (Å²) in [5, 5.41) is 2.95. The maximum absolute atomic E-state index is 12.8. The van der Waals surface area contributed by atoms with Crippen LogP contribution >= 0.6 is 12.2 Å². The van der Waals surface area contributed by atoms with Crippen molar-refractivity contribution >= 4 is 29.5 Å². The Balaban J connectivity index is 1.82. The number of imidazole rings is 1. The van der Waals surface area contributed by atoms with E-state index in [1.54, 1.807) is 10.8 Å². The van der Waals surface area contributed by atoms with Crippen LogP contribution in [0, 0.1) is 4.77 Å². The predicted octanol–water partition coefficient (Wildman–Crippen LogP) is 5.02. The minimum absolute atomic E-state index is 0.213. The van der Waals surface area contributed by atoms with Gasteiger partial charge in [-0.1, -0.05) is 18.2 Å². The second kappa shape index (κ2) is 8.22. The highest BCUT2D eigenvalue weighted by Gasteiger charge is 2.15. The van der Waals surface area contributed by atoms with Crippen molar-refractivity contribution in [3.05, 3.63) is 71.3 Å². The molecule has 0 aliphatic carbocycles. The second-order valence-electron chi connectivity index (χ2n) is 6.53. The number of carbonyl (C=O) groups is 1. The molecular formula is C21H24N4OS. The lowest BCUT2D eigenvalue weighted by molar-refractivity contribution is 0.102. The highest BCUT2D eigenvalue weighted by molar-refractivity contribution is 7.71. The van der Waals surface area contributed by atoms with Crippen LogP contribution in [0.3, 0.4) is 0 Å². The van der Waals surface area contributed by atoms with Crippen LogP contribution in [0.4, 0.5) is 11.4 Å². The predicted molar refractivity (Wildman–Crippen MR) is 114 cm³/mol. The van der Waals surface area contributed by atoms with E-state index in [2.05, 4.69) is 36.0 Å². The van der Waals surface area contributed by atoms with Gasteiger partial charge in [0.25, 0.3) is 5.91 Å². The van der Waals surface area contributed by atoms with Gasteiger partial charge in [-0.25, -0.2) is 0 Å². The van der Waals surface area contributed by atoms with Crippen LogP contribution in [-0.2, 0) is 0 Å². The zero-order valence-corrected chi connectivity index (χ0v) is 16.6. The van der Waals surface area contributed by atoms with Crippen LogP contribution in [-0.4, -0.2) is 28.0 Å². The first-order valence-electron chi connectivity index (χ1n) is 9.05. The molecule has 1 heterocycles. The second-order valence-corrected chi connectivity index (χ2v) is 6.92. The third-order valence-corrected chi connectivity index (χ3v) is 4.74. The highest BCUT2D eigenvalue weighted by atomic mass is 32.1. The molecular weight excluding hydrogens is 356 g/mol. The van der Waals surface area contributed by atoms with Gasteiger partial charge in [0.05, 0.1) is 0 Å². The zero-order chi connectivity index (χ0) is 19.4. The molecule has 0 atom stereocenters. The van der Waals surface area contributed by atoms with E-state index in [0.717, 1.165) is 23.6 Å². The third-order valence-electron chi connectivity index (χ3n) is 4.44. The van der Waals surface area contributed by atoms with E-state index < -0.39 is 0 Å². The van der Waals surface area contributed by atoms with Crippen molar-refractivity contribution in [3.8, 4) is 5.69 Å². The number of hydrogen-bond donors (Lipinski definition) is 2. The van der Waals surface area contributed by atoms with Crippen molar-refractivity contribution in [2.75, 3.05) is 16.8 Å². The molecule has 1 amide bonds. The van der Waals surface area contributed by atoms with E-state index in [9.17, 15) is 4.79 Å². The van der Waals surface area contributed by atoms with Crippen LogP contribution in [0.1, 0.15) is 31.3 Å². The third kappa shape index (κ3) is 4.11. The van der Waals surface area contributed by atoms with Crippen molar-refractivity contribution in [1.82, 2.24) is 9.55 Å². The van der Waals surface area contributed by atoms with Gasteiger partial charge < -0.3 is 15.2 Å². The summed E-state index contributed by atoms with van der Waals surface area (Å²) in [6, 6.07) is 17.9. The van der Waals surface area contributed by atoms with Crippen molar-refractivity contribution < 1.29 is 4.79 Å². The van der Waals surface area contributed by atoms with Gasteiger partial charge in [0.1, 0.15) is 5.69 Å². The number of nitrogens with zero attached hydrogens (tertiary/aromatic N) is 2. The van der Waals surface area contributed by atoms with E-state index in [4.69, 9.17) is 12.2 Å². The summed E-state index contributed by atoms with van der Waals surface area (Å²) >= 11 is 5.34. The lowest BCUT2D eigenvalue weighted by Gasteiger charge is -2.27. The largest absolute Gasteiger partial charge is 0.369 e. The summed E-state index contributed by atoms with van der Waals surface area (Å²) in [6.07, 6.45) is 1.64. The maximum Gasteiger partial charge on any atom is 0.274 e. The summed E-state index contributed by atoms with van der Waals surface area (Å²) in [5.74, 6) is -0.213. The van der Waals surface area contributed by atoms with Gasteiger partial charge in [-0.2, -0.15) is 0 Å². The minimum Gasteiger partial charge on any atom is -0.369 e. The molecule has 0 fully saturated rings. The molecule has 2 N–H and O–H groups in total. The van der Waals surface area contributed by atoms with Crippen LogP contribution < -0.4 is 10.2 Å². The normalized spacial score (nSPS) is 10.8. The summed E-state index contributed by atoms with van der Waals surface area (Å²) in [4.78, 5) is 18.0. The number of carbonyl (C=O) groups excluding carboxylic acids is 1. The molecule has 0 saturated carbocycles. The quantitative estimate of drug-likeness (QED) is 0.590. The Morgan fingerprint density at radius 2 is 1.81 bits per heavy atom. The van der Waals surface area contributed by atoms with Gasteiger partial charge >= 0.3 is 0 Å². The fraction of sp³-hybridized carbons (Fsp3) is 0.238. The molecule has 0 aliphatic heterocycles. The smallest absolute Gasteiger partial charge is 0.274 e. The molecule has 5 nitrogen and oxygen atoms in total. The minimum atomic E-state index is -0.213. The lowest BCUT2D eigenvalue weighted by Crippen LogP contribution is -2.30. The summed E-state index contributed by atoms with van der Waals surface area (Å²) in [5.41, 5.74) is 3.20. The van der Waals surface area contributed by atoms with Crippen LogP contribution in [0.25, 0.3) is 5.69 Å². The number of hydrogen-bond acceptors (Lipinski definition) is 3. The van der Waals surface area contributed by atoms with E-state index in [1.807, 2.05) is 54.6 Å². The van der Waals surface area contributed by atoms with E-state index in [1.165, 1.54) is 0 Å². The Kier molecular flexibility index (Phi) is 5.76. The Morgan fingerprint density at radius 3 is 2.41 bits per heavy atom. The van der Waals surface area contributed by atoms with Gasteiger partial charge in [-0.15, -0.1) is 0 Å². The number of aromatic amines is 1. The van der Waals surface area contributed by atoms with Gasteiger partial charge in [0, 0.05) is 35.8 Å². The van der Waals surface area contributed by atoms with Crippen molar-refractivity contribution in [2.45, 2.75) is 26.8 Å². The molecule has 2 aromatic carbocycles. The van der Waals surface area contributed by atoms with Gasteiger partial charge in [0.2, 0.25) is 0 Å². The average Bonchev–Trinajstić information content (AvgIpc) is 3.06. The van der Waals surface area contributed by atoms with Gasteiger partial charge in [-0.3, -0.25) is 9.36 Å². The monoisotopic (exact) mass is 380 g/mol. The molecule has 0 bridgehead atoms. The lowest BCUT2D eigenvalue weighted by atomic mass is 10.2. The SMILES string of the molecule is CCN(c1ccc(NC(=O)c2c[nH]c(=S)n2-c2ccccc2)cc1)C(C)C. The number of para-hydroxylation sites is 1. The molecule has 0 aliphatic rings. The molecule has 0 saturated heterocycles. The van der Waals surface area contributed by atoms with E-state index in [0.29, 0.717) is 16.5 Å². The molecule has 0 unspecified atom stereocenters. The average molecular weight is 381 g/mol. The molecule has 3 rings (SSSR count).